The molecule has 2 aromatic carbocycles. The van der Waals surface area contributed by atoms with Gasteiger partial charge in [0.1, 0.15) is 27.6 Å². The topological polar surface area (TPSA) is 34.9 Å². The molecule has 0 bridgehead atoms. The maximum absolute atomic E-state index is 14.0. The quantitative estimate of drug-likeness (QED) is 0.580. The molecule has 0 atom stereocenters. The summed E-state index contributed by atoms with van der Waals surface area (Å²) in [5, 5.41) is 4.63. The van der Waals surface area contributed by atoms with E-state index in [0.29, 0.717) is 16.9 Å². The van der Waals surface area contributed by atoms with Crippen LogP contribution in [-0.2, 0) is 0 Å². The smallest absolute Gasteiger partial charge is 0.155 e. The van der Waals surface area contributed by atoms with Crippen LogP contribution in [0.5, 0.6) is 0 Å². The van der Waals surface area contributed by atoms with E-state index < -0.39 is 11.6 Å². The van der Waals surface area contributed by atoms with Crippen molar-refractivity contribution in [3.8, 4) is 16.9 Å². The highest BCUT2D eigenvalue weighted by molar-refractivity contribution is 9.10. The maximum Gasteiger partial charge on any atom is 0.155 e. The summed E-state index contributed by atoms with van der Waals surface area (Å²) in [5.74, 6) is -1.28. The van der Waals surface area contributed by atoms with Crippen molar-refractivity contribution >= 4 is 33.8 Å². The van der Waals surface area contributed by atoms with Crippen LogP contribution in [0.25, 0.3) is 16.9 Å². The fraction of sp³-hybridized carbons (Fsp3) is 0. The number of aldehydes is 1. The number of carbonyl (C=O) groups is 1. The van der Waals surface area contributed by atoms with Crippen LogP contribution in [0.4, 0.5) is 8.78 Å². The number of nitrogens with zero attached hydrogens (tertiary/aromatic N) is 2. The first-order chi connectivity index (χ1) is 11.0. The molecule has 0 saturated heterocycles. The first-order valence-corrected chi connectivity index (χ1v) is 7.64. The number of carbonyl (C=O) groups excluding carboxylic acids is 1. The molecule has 7 heteroatoms. The van der Waals surface area contributed by atoms with Crippen molar-refractivity contribution in [2.24, 2.45) is 0 Å². The molecule has 1 aromatic heterocycles. The first kappa shape index (κ1) is 15.8. The summed E-state index contributed by atoms with van der Waals surface area (Å²) >= 11 is 9.35. The normalized spacial score (nSPS) is 10.8. The van der Waals surface area contributed by atoms with Gasteiger partial charge in [0.2, 0.25) is 0 Å². The van der Waals surface area contributed by atoms with Gasteiger partial charge in [0.15, 0.2) is 6.29 Å². The van der Waals surface area contributed by atoms with E-state index in [1.54, 1.807) is 24.3 Å². The minimum absolute atomic E-state index is 0.113. The molecule has 1 heterocycles. The number of benzene rings is 2. The van der Waals surface area contributed by atoms with E-state index in [0.717, 1.165) is 22.9 Å². The first-order valence-electron chi connectivity index (χ1n) is 6.47. The minimum Gasteiger partial charge on any atom is -0.298 e. The number of hydrogen-bond donors (Lipinski definition) is 0. The van der Waals surface area contributed by atoms with Gasteiger partial charge in [0, 0.05) is 11.6 Å². The second-order valence-corrected chi connectivity index (χ2v) is 5.82. The summed E-state index contributed by atoms with van der Waals surface area (Å²) in [6.45, 7) is 0. The Morgan fingerprint density at radius 2 is 1.91 bits per heavy atom. The maximum atomic E-state index is 14.0. The lowest BCUT2D eigenvalue weighted by Gasteiger charge is -2.05. The standard InChI is InChI=1S/C16H8BrClF2N2O/c17-16-11(8-23)15(10-3-1-2-4-12(10)18)21-22(16)14-7-9(19)5-6-13(14)20/h1-8H. The molecule has 0 unspecified atom stereocenters. The molecule has 0 amide bonds. The lowest BCUT2D eigenvalue weighted by atomic mass is 10.1. The monoisotopic (exact) mass is 396 g/mol. The van der Waals surface area contributed by atoms with Crippen molar-refractivity contribution in [2.75, 3.05) is 0 Å². The van der Waals surface area contributed by atoms with E-state index in [9.17, 15) is 13.6 Å². The second-order valence-electron chi connectivity index (χ2n) is 4.66. The summed E-state index contributed by atoms with van der Waals surface area (Å²) in [5.41, 5.74) is 0.883. The Hall–Kier alpha value is -2.05. The lowest BCUT2D eigenvalue weighted by Crippen LogP contribution is -2.01. The molecular weight excluding hydrogens is 390 g/mol. The van der Waals surface area contributed by atoms with E-state index in [4.69, 9.17) is 11.6 Å². The Balaban J connectivity index is 2.28. The van der Waals surface area contributed by atoms with Crippen molar-refractivity contribution in [1.29, 1.82) is 0 Å². The average molecular weight is 398 g/mol. The molecule has 3 rings (SSSR count). The molecular formula is C16H8BrClF2N2O. The zero-order valence-electron chi connectivity index (χ0n) is 11.4. The molecule has 0 aliphatic carbocycles. The van der Waals surface area contributed by atoms with Gasteiger partial charge in [-0.2, -0.15) is 5.10 Å². The average Bonchev–Trinajstić information content (AvgIpc) is 2.86. The molecule has 0 N–H and O–H groups in total. The molecule has 0 spiro atoms. The van der Waals surface area contributed by atoms with Gasteiger partial charge >= 0.3 is 0 Å². The fourth-order valence-electron chi connectivity index (χ4n) is 2.17. The minimum atomic E-state index is -0.669. The summed E-state index contributed by atoms with van der Waals surface area (Å²) in [6.07, 6.45) is 0.587. The van der Waals surface area contributed by atoms with Crippen molar-refractivity contribution in [3.05, 3.63) is 69.3 Å². The highest BCUT2D eigenvalue weighted by atomic mass is 79.9. The predicted molar refractivity (Wildman–Crippen MR) is 87.0 cm³/mol. The Morgan fingerprint density at radius 1 is 1.17 bits per heavy atom. The molecule has 23 heavy (non-hydrogen) atoms. The van der Waals surface area contributed by atoms with Crippen molar-refractivity contribution < 1.29 is 13.6 Å². The van der Waals surface area contributed by atoms with Gasteiger partial charge in [-0.3, -0.25) is 4.79 Å². The summed E-state index contributed by atoms with van der Waals surface area (Å²) in [7, 11) is 0. The number of rotatable bonds is 3. The lowest BCUT2D eigenvalue weighted by molar-refractivity contribution is 0.112. The molecule has 3 nitrogen and oxygen atoms in total. The van der Waals surface area contributed by atoms with E-state index in [1.165, 1.54) is 0 Å². The van der Waals surface area contributed by atoms with E-state index >= 15 is 0 Å². The van der Waals surface area contributed by atoms with Crippen LogP contribution in [0.2, 0.25) is 5.02 Å². The van der Waals surface area contributed by atoms with Crippen LogP contribution in [0.3, 0.4) is 0 Å². The highest BCUT2D eigenvalue weighted by Crippen LogP contribution is 2.34. The van der Waals surface area contributed by atoms with Gasteiger partial charge in [0.05, 0.1) is 10.6 Å². The highest BCUT2D eigenvalue weighted by Gasteiger charge is 2.21. The van der Waals surface area contributed by atoms with Gasteiger partial charge in [-0.15, -0.1) is 0 Å². The van der Waals surface area contributed by atoms with E-state index in [2.05, 4.69) is 21.0 Å². The zero-order chi connectivity index (χ0) is 16.6. The number of aromatic nitrogens is 2. The molecule has 0 radical (unpaired) electrons. The number of hydrogen-bond acceptors (Lipinski definition) is 2. The summed E-state index contributed by atoms with van der Waals surface area (Å²) in [6, 6.07) is 9.83. The summed E-state index contributed by atoms with van der Waals surface area (Å²) < 4.78 is 28.8. The van der Waals surface area contributed by atoms with Gasteiger partial charge in [-0.1, -0.05) is 29.8 Å². The van der Waals surface area contributed by atoms with Crippen molar-refractivity contribution in [1.82, 2.24) is 9.78 Å². The third-order valence-electron chi connectivity index (χ3n) is 3.25. The van der Waals surface area contributed by atoms with Crippen LogP contribution < -0.4 is 0 Å². The third kappa shape index (κ3) is 2.80. The molecule has 0 fully saturated rings. The van der Waals surface area contributed by atoms with E-state index in [-0.39, 0.29) is 21.5 Å². The fourth-order valence-corrected chi connectivity index (χ4v) is 2.95. The molecule has 0 aliphatic rings. The molecule has 0 aliphatic heterocycles. The van der Waals surface area contributed by atoms with Gasteiger partial charge in [0.25, 0.3) is 0 Å². The van der Waals surface area contributed by atoms with Crippen LogP contribution in [-0.4, -0.2) is 16.1 Å². The molecule has 0 saturated carbocycles. The SMILES string of the molecule is O=Cc1c(-c2ccccc2Cl)nn(-c2cc(F)ccc2F)c1Br. The van der Waals surface area contributed by atoms with Crippen LogP contribution in [0.1, 0.15) is 10.4 Å². The van der Waals surface area contributed by atoms with Gasteiger partial charge < -0.3 is 0 Å². The largest absolute Gasteiger partial charge is 0.298 e. The predicted octanol–water partition coefficient (Wildman–Crippen LogP) is 5.05. The Kier molecular flexibility index (Phi) is 4.28. The number of halogens is 4. The van der Waals surface area contributed by atoms with Crippen molar-refractivity contribution in [2.45, 2.75) is 0 Å². The molecule has 116 valence electrons. The van der Waals surface area contributed by atoms with Crippen LogP contribution in [0, 0.1) is 11.6 Å². The summed E-state index contributed by atoms with van der Waals surface area (Å²) in [4.78, 5) is 11.4. The Morgan fingerprint density at radius 3 is 2.61 bits per heavy atom. The van der Waals surface area contributed by atoms with Crippen molar-refractivity contribution in [3.63, 3.8) is 0 Å². The van der Waals surface area contributed by atoms with Gasteiger partial charge in [-0.25, -0.2) is 13.5 Å². The molecule has 3 aromatic rings. The Labute approximate surface area is 143 Å². The van der Waals surface area contributed by atoms with Crippen LogP contribution in [0.15, 0.2) is 47.1 Å². The van der Waals surface area contributed by atoms with E-state index in [1.807, 2.05) is 0 Å². The third-order valence-corrected chi connectivity index (χ3v) is 4.34. The zero-order valence-corrected chi connectivity index (χ0v) is 13.8. The van der Waals surface area contributed by atoms with Gasteiger partial charge in [-0.05, 0) is 34.1 Å². The Bertz CT molecular complexity index is 911. The second kappa shape index (κ2) is 6.22. The van der Waals surface area contributed by atoms with Crippen LogP contribution >= 0.6 is 27.5 Å².